The Morgan fingerprint density at radius 2 is 1.93 bits per heavy atom. The Morgan fingerprint density at radius 1 is 1.20 bits per heavy atom. The van der Waals surface area contributed by atoms with E-state index in [2.05, 4.69) is 50.0 Å². The normalized spacial score (nSPS) is 21.2. The molecule has 1 aliphatic heterocycles. The fourth-order valence-corrected chi connectivity index (χ4v) is 5.18. The van der Waals surface area contributed by atoms with Gasteiger partial charge in [-0.05, 0) is 75.7 Å². The topological polar surface area (TPSA) is 50.2 Å². The second kappa shape index (κ2) is 10.5. The van der Waals surface area contributed by atoms with Crippen LogP contribution in [0.4, 0.5) is 0 Å². The van der Waals surface area contributed by atoms with Gasteiger partial charge in [-0.25, -0.2) is 4.98 Å². The van der Waals surface area contributed by atoms with E-state index in [1.807, 2.05) is 17.7 Å². The monoisotopic (exact) mass is 412 g/mol. The molecule has 2 heterocycles. The lowest BCUT2D eigenvalue weighted by molar-refractivity contribution is 0.0836. The zero-order valence-corrected chi connectivity index (χ0v) is 19.6. The van der Waals surface area contributed by atoms with Crippen molar-refractivity contribution in [1.29, 1.82) is 0 Å². The van der Waals surface area contributed by atoms with Gasteiger partial charge < -0.3 is 5.32 Å². The van der Waals surface area contributed by atoms with Gasteiger partial charge in [0.25, 0.3) is 5.56 Å². The number of hydrogen-bond acceptors (Lipinski definition) is 4. The van der Waals surface area contributed by atoms with E-state index in [4.69, 9.17) is 4.98 Å². The first-order valence-electron chi connectivity index (χ1n) is 11.9. The molecule has 1 saturated heterocycles. The van der Waals surface area contributed by atoms with E-state index >= 15 is 0 Å². The first-order chi connectivity index (χ1) is 14.5. The predicted octanol–water partition coefficient (Wildman–Crippen LogP) is 4.39. The van der Waals surface area contributed by atoms with Crippen LogP contribution in [-0.4, -0.2) is 41.1 Å². The quantitative estimate of drug-likeness (QED) is 0.621. The molecule has 5 heteroatoms. The molecule has 166 valence electrons. The van der Waals surface area contributed by atoms with Gasteiger partial charge in [0.2, 0.25) is 0 Å². The highest BCUT2D eigenvalue weighted by molar-refractivity contribution is 5.78. The van der Waals surface area contributed by atoms with Gasteiger partial charge in [-0.2, -0.15) is 0 Å². The molecule has 1 aliphatic rings. The molecule has 3 rings (SSSR count). The van der Waals surface area contributed by atoms with Gasteiger partial charge in [-0.15, -0.1) is 0 Å². The van der Waals surface area contributed by atoms with E-state index in [0.717, 1.165) is 62.0 Å². The van der Waals surface area contributed by atoms with E-state index in [0.29, 0.717) is 18.4 Å². The highest BCUT2D eigenvalue weighted by Gasteiger charge is 2.30. The SMILES string of the molecule is CCCC(c1nc2cc(CCCNC)ccc2c(=O)n1CC)N1C[C@H](C)C[C@H](C)C1. The Kier molecular flexibility index (Phi) is 8.06. The Balaban J connectivity index is 2.05. The summed E-state index contributed by atoms with van der Waals surface area (Å²) in [5.74, 6) is 2.34. The molecule has 1 N–H and O–H groups in total. The number of nitrogens with zero attached hydrogens (tertiary/aromatic N) is 3. The summed E-state index contributed by atoms with van der Waals surface area (Å²) in [4.78, 5) is 21.1. The molecule has 1 aromatic heterocycles. The summed E-state index contributed by atoms with van der Waals surface area (Å²) in [6, 6.07) is 6.43. The van der Waals surface area contributed by atoms with Crippen molar-refractivity contribution in [3.63, 3.8) is 0 Å². The molecule has 1 fully saturated rings. The van der Waals surface area contributed by atoms with Crippen LogP contribution in [0.5, 0.6) is 0 Å². The molecule has 2 aromatic rings. The van der Waals surface area contributed by atoms with Crippen LogP contribution in [0, 0.1) is 11.8 Å². The minimum absolute atomic E-state index is 0.110. The number of likely N-dealkylation sites (tertiary alicyclic amines) is 1. The zero-order chi connectivity index (χ0) is 21.7. The molecule has 1 unspecified atom stereocenters. The van der Waals surface area contributed by atoms with Gasteiger partial charge in [-0.3, -0.25) is 14.3 Å². The van der Waals surface area contributed by atoms with Crippen LogP contribution >= 0.6 is 0 Å². The standard InChI is InChI=1S/C25H40N4O/c1-6-9-23(28-16-18(3)14-19(4)17-28)24-27-22-15-20(10-8-13-26-5)11-12-21(22)25(30)29(24)7-2/h11-12,15,18-19,23,26H,6-10,13-14,16-17H2,1-5H3/t18-,19+,23?. The van der Waals surface area contributed by atoms with Gasteiger partial charge in [0, 0.05) is 19.6 Å². The van der Waals surface area contributed by atoms with Crippen LogP contribution in [0.25, 0.3) is 10.9 Å². The van der Waals surface area contributed by atoms with Crippen LogP contribution in [0.2, 0.25) is 0 Å². The smallest absolute Gasteiger partial charge is 0.261 e. The van der Waals surface area contributed by atoms with Gasteiger partial charge in [-0.1, -0.05) is 33.3 Å². The van der Waals surface area contributed by atoms with Crippen molar-refractivity contribution in [2.75, 3.05) is 26.7 Å². The zero-order valence-electron chi connectivity index (χ0n) is 19.6. The van der Waals surface area contributed by atoms with Crippen molar-refractivity contribution in [2.45, 2.75) is 72.4 Å². The summed E-state index contributed by atoms with van der Waals surface area (Å²) < 4.78 is 1.92. The summed E-state index contributed by atoms with van der Waals surface area (Å²) in [5, 5.41) is 3.95. The van der Waals surface area contributed by atoms with Crippen molar-refractivity contribution in [3.05, 3.63) is 39.9 Å². The minimum atomic E-state index is 0.110. The van der Waals surface area contributed by atoms with Crippen LogP contribution < -0.4 is 10.9 Å². The van der Waals surface area contributed by atoms with E-state index in [1.165, 1.54) is 12.0 Å². The maximum atomic E-state index is 13.4. The van der Waals surface area contributed by atoms with E-state index in [9.17, 15) is 4.79 Å². The van der Waals surface area contributed by atoms with Crippen LogP contribution in [0.3, 0.4) is 0 Å². The molecule has 1 aromatic carbocycles. The van der Waals surface area contributed by atoms with Gasteiger partial charge in [0.05, 0.1) is 16.9 Å². The average Bonchev–Trinajstić information content (AvgIpc) is 2.71. The van der Waals surface area contributed by atoms with Crippen molar-refractivity contribution in [1.82, 2.24) is 19.8 Å². The summed E-state index contributed by atoms with van der Waals surface area (Å²) in [7, 11) is 1.98. The number of rotatable bonds is 9. The minimum Gasteiger partial charge on any atom is -0.320 e. The molecule has 0 radical (unpaired) electrons. The molecular formula is C25H40N4O. The third-order valence-electron chi connectivity index (χ3n) is 6.46. The van der Waals surface area contributed by atoms with Gasteiger partial charge in [0.1, 0.15) is 5.82 Å². The number of nitrogens with one attached hydrogen (secondary N) is 1. The molecule has 0 bridgehead atoms. The molecule has 0 amide bonds. The largest absolute Gasteiger partial charge is 0.320 e. The van der Waals surface area contributed by atoms with Crippen LogP contribution in [-0.2, 0) is 13.0 Å². The van der Waals surface area contributed by atoms with E-state index in [-0.39, 0.29) is 11.6 Å². The maximum absolute atomic E-state index is 13.4. The number of aryl methyl sites for hydroxylation is 1. The molecule has 30 heavy (non-hydrogen) atoms. The lowest BCUT2D eigenvalue weighted by atomic mass is 9.90. The van der Waals surface area contributed by atoms with E-state index in [1.54, 1.807) is 0 Å². The Hall–Kier alpha value is -1.72. The van der Waals surface area contributed by atoms with Crippen molar-refractivity contribution in [2.24, 2.45) is 11.8 Å². The van der Waals surface area contributed by atoms with Crippen molar-refractivity contribution >= 4 is 10.9 Å². The van der Waals surface area contributed by atoms with Crippen LogP contribution in [0.1, 0.15) is 70.8 Å². The number of hydrogen-bond donors (Lipinski definition) is 1. The van der Waals surface area contributed by atoms with Gasteiger partial charge >= 0.3 is 0 Å². The second-order valence-corrected chi connectivity index (χ2v) is 9.28. The predicted molar refractivity (Wildman–Crippen MR) is 126 cm³/mol. The maximum Gasteiger partial charge on any atom is 0.261 e. The fourth-order valence-electron chi connectivity index (χ4n) is 5.18. The highest BCUT2D eigenvalue weighted by Crippen LogP contribution is 2.32. The average molecular weight is 413 g/mol. The second-order valence-electron chi connectivity index (χ2n) is 9.28. The third kappa shape index (κ3) is 5.12. The molecule has 3 atom stereocenters. The first-order valence-corrected chi connectivity index (χ1v) is 11.9. The molecule has 0 spiro atoms. The molecule has 0 saturated carbocycles. The Bertz CT molecular complexity index is 881. The summed E-state index contributed by atoms with van der Waals surface area (Å²) in [5.41, 5.74) is 2.23. The summed E-state index contributed by atoms with van der Waals surface area (Å²) in [6.45, 7) is 12.9. The number of piperidine rings is 1. The van der Waals surface area contributed by atoms with Crippen molar-refractivity contribution < 1.29 is 0 Å². The third-order valence-corrected chi connectivity index (χ3v) is 6.46. The number of aromatic nitrogens is 2. The number of fused-ring (bicyclic) bond motifs is 1. The van der Waals surface area contributed by atoms with E-state index < -0.39 is 0 Å². The lowest BCUT2D eigenvalue weighted by Crippen LogP contribution is -2.43. The summed E-state index contributed by atoms with van der Waals surface area (Å²) >= 11 is 0. The van der Waals surface area contributed by atoms with Crippen LogP contribution in [0.15, 0.2) is 23.0 Å². The fraction of sp³-hybridized carbons (Fsp3) is 0.680. The Morgan fingerprint density at radius 3 is 2.57 bits per heavy atom. The van der Waals surface area contributed by atoms with Crippen molar-refractivity contribution in [3.8, 4) is 0 Å². The molecule has 0 aliphatic carbocycles. The van der Waals surface area contributed by atoms with Gasteiger partial charge in [0.15, 0.2) is 0 Å². The lowest BCUT2D eigenvalue weighted by Gasteiger charge is -2.40. The summed E-state index contributed by atoms with van der Waals surface area (Å²) in [6.07, 6.45) is 5.51. The molecular weight excluding hydrogens is 372 g/mol. The number of benzene rings is 1. The molecule has 5 nitrogen and oxygen atoms in total. The Labute approximate surface area is 181 Å². The first kappa shape index (κ1) is 23.0. The highest BCUT2D eigenvalue weighted by atomic mass is 16.1.